The van der Waals surface area contributed by atoms with Gasteiger partial charge in [0.1, 0.15) is 0 Å². The van der Waals surface area contributed by atoms with Gasteiger partial charge in [-0.05, 0) is 12.5 Å². The highest BCUT2D eigenvalue weighted by Crippen LogP contribution is 2.35. The molecule has 0 saturated heterocycles. The summed E-state index contributed by atoms with van der Waals surface area (Å²) in [5.74, 6) is 0.494. The third kappa shape index (κ3) is 2.87. The van der Waals surface area contributed by atoms with Crippen LogP contribution >= 0.6 is 57.4 Å². The maximum absolute atomic E-state index is 6.03. The quantitative estimate of drug-likeness (QED) is 0.581. The Hall–Kier alpha value is 0.680. The average molecular weight is 379 g/mol. The zero-order valence-corrected chi connectivity index (χ0v) is 12.5. The number of aromatic nitrogens is 2. The SMILES string of the molecule is CCC(CCl)(CI)c1cc(Cl)nnc1Cl. The highest BCUT2D eigenvalue weighted by Gasteiger charge is 2.31. The molecule has 0 fully saturated rings. The van der Waals surface area contributed by atoms with Crippen LogP contribution < -0.4 is 0 Å². The van der Waals surface area contributed by atoms with Gasteiger partial charge in [-0.2, -0.15) is 0 Å². The zero-order valence-electron chi connectivity index (χ0n) is 8.10. The summed E-state index contributed by atoms with van der Waals surface area (Å²) in [6.07, 6.45) is 0.890. The number of hydrogen-bond acceptors (Lipinski definition) is 2. The maximum Gasteiger partial charge on any atom is 0.155 e. The number of alkyl halides is 2. The lowest BCUT2D eigenvalue weighted by atomic mass is 9.83. The van der Waals surface area contributed by atoms with Gasteiger partial charge in [0.25, 0.3) is 0 Å². The molecule has 1 aromatic rings. The predicted octanol–water partition coefficient (Wildman–Crippen LogP) is 4.11. The van der Waals surface area contributed by atoms with E-state index in [-0.39, 0.29) is 5.41 Å². The van der Waals surface area contributed by atoms with Crippen LogP contribution in [0.25, 0.3) is 0 Å². The van der Waals surface area contributed by atoms with Crippen LogP contribution in [-0.4, -0.2) is 20.5 Å². The summed E-state index contributed by atoms with van der Waals surface area (Å²) in [7, 11) is 0. The van der Waals surface area contributed by atoms with Crippen molar-refractivity contribution >= 4 is 57.4 Å². The van der Waals surface area contributed by atoms with Crippen molar-refractivity contribution in [3.8, 4) is 0 Å². The van der Waals surface area contributed by atoms with Crippen molar-refractivity contribution in [2.75, 3.05) is 10.3 Å². The van der Waals surface area contributed by atoms with Gasteiger partial charge in [-0.15, -0.1) is 21.8 Å². The minimum Gasteiger partial charge on any atom is -0.137 e. The lowest BCUT2D eigenvalue weighted by Gasteiger charge is -2.29. The minimum absolute atomic E-state index is 0.168. The highest BCUT2D eigenvalue weighted by molar-refractivity contribution is 14.1. The van der Waals surface area contributed by atoms with Crippen LogP contribution in [0.3, 0.4) is 0 Å². The van der Waals surface area contributed by atoms with Crippen LogP contribution in [0.4, 0.5) is 0 Å². The molecule has 6 heteroatoms. The third-order valence-corrected chi connectivity index (χ3v) is 4.91. The molecule has 1 rings (SSSR count). The summed E-state index contributed by atoms with van der Waals surface area (Å²) < 4.78 is 0.868. The molecule has 0 spiro atoms. The fourth-order valence-corrected chi connectivity index (χ4v) is 3.69. The van der Waals surface area contributed by atoms with Crippen LogP contribution in [0.1, 0.15) is 18.9 Å². The van der Waals surface area contributed by atoms with Gasteiger partial charge >= 0.3 is 0 Å². The first-order chi connectivity index (χ1) is 7.09. The van der Waals surface area contributed by atoms with E-state index in [0.29, 0.717) is 16.2 Å². The van der Waals surface area contributed by atoms with E-state index in [4.69, 9.17) is 34.8 Å². The normalized spacial score (nSPS) is 15.0. The molecule has 0 saturated carbocycles. The van der Waals surface area contributed by atoms with Gasteiger partial charge in [-0.25, -0.2) is 0 Å². The van der Waals surface area contributed by atoms with Gasteiger partial charge in [-0.1, -0.05) is 52.7 Å². The molecule has 15 heavy (non-hydrogen) atoms. The molecule has 0 N–H and O–H groups in total. The Kier molecular flexibility index (Phi) is 5.36. The number of rotatable bonds is 4. The molecule has 0 radical (unpaired) electrons. The van der Waals surface area contributed by atoms with Gasteiger partial charge in [-0.3, -0.25) is 0 Å². The molecule has 0 amide bonds. The monoisotopic (exact) mass is 378 g/mol. The second-order valence-electron chi connectivity index (χ2n) is 3.27. The lowest BCUT2D eigenvalue weighted by molar-refractivity contribution is 0.527. The van der Waals surface area contributed by atoms with Crippen molar-refractivity contribution in [1.82, 2.24) is 10.2 Å². The predicted molar refractivity (Wildman–Crippen MR) is 73.6 cm³/mol. The molecular weight excluding hydrogens is 369 g/mol. The van der Waals surface area contributed by atoms with Gasteiger partial charge in [0.05, 0.1) is 0 Å². The Labute approximate surface area is 118 Å². The largest absolute Gasteiger partial charge is 0.155 e. The number of halogens is 4. The van der Waals surface area contributed by atoms with Crippen molar-refractivity contribution in [1.29, 1.82) is 0 Å². The summed E-state index contributed by atoms with van der Waals surface area (Å²) >= 11 is 20.2. The van der Waals surface area contributed by atoms with E-state index in [1.807, 2.05) is 0 Å². The van der Waals surface area contributed by atoms with Crippen molar-refractivity contribution < 1.29 is 0 Å². The molecule has 0 aliphatic heterocycles. The van der Waals surface area contributed by atoms with E-state index >= 15 is 0 Å². The van der Waals surface area contributed by atoms with E-state index < -0.39 is 0 Å². The third-order valence-electron chi connectivity index (χ3n) is 2.48. The first kappa shape index (κ1) is 13.7. The topological polar surface area (TPSA) is 25.8 Å². The first-order valence-corrected chi connectivity index (χ1v) is 7.22. The fourth-order valence-electron chi connectivity index (χ4n) is 1.28. The van der Waals surface area contributed by atoms with Crippen LogP contribution in [0.2, 0.25) is 10.3 Å². The molecule has 0 aliphatic carbocycles. The Bertz CT molecular complexity index is 334. The van der Waals surface area contributed by atoms with Gasteiger partial charge < -0.3 is 0 Å². The van der Waals surface area contributed by atoms with Crippen LogP contribution in [-0.2, 0) is 5.41 Å². The number of hydrogen-bond donors (Lipinski definition) is 0. The Morgan fingerprint density at radius 2 is 2.07 bits per heavy atom. The summed E-state index contributed by atoms with van der Waals surface area (Å²) in [5.41, 5.74) is 0.717. The smallest absolute Gasteiger partial charge is 0.137 e. The Balaban J connectivity index is 3.27. The molecule has 1 aromatic heterocycles. The van der Waals surface area contributed by atoms with Gasteiger partial charge in [0.2, 0.25) is 0 Å². The van der Waals surface area contributed by atoms with E-state index in [1.165, 1.54) is 0 Å². The molecule has 2 nitrogen and oxygen atoms in total. The lowest BCUT2D eigenvalue weighted by Crippen LogP contribution is -2.30. The second-order valence-corrected chi connectivity index (χ2v) is 5.05. The maximum atomic E-state index is 6.03. The first-order valence-electron chi connectivity index (χ1n) is 4.40. The summed E-state index contributed by atoms with van der Waals surface area (Å²) in [6.45, 7) is 2.08. The van der Waals surface area contributed by atoms with E-state index in [2.05, 4.69) is 39.7 Å². The Morgan fingerprint density at radius 3 is 2.53 bits per heavy atom. The van der Waals surface area contributed by atoms with Crippen molar-refractivity contribution in [2.24, 2.45) is 0 Å². The summed E-state index contributed by atoms with van der Waals surface area (Å²) in [4.78, 5) is 0. The van der Waals surface area contributed by atoms with E-state index in [0.717, 1.165) is 16.4 Å². The molecular formula is C9H10Cl3IN2. The Morgan fingerprint density at radius 1 is 1.40 bits per heavy atom. The van der Waals surface area contributed by atoms with Gasteiger partial charge in [0.15, 0.2) is 10.3 Å². The van der Waals surface area contributed by atoms with Crippen LogP contribution in [0.5, 0.6) is 0 Å². The molecule has 1 atom stereocenters. The highest BCUT2D eigenvalue weighted by atomic mass is 127. The average Bonchev–Trinajstić information content (AvgIpc) is 2.26. The van der Waals surface area contributed by atoms with E-state index in [9.17, 15) is 0 Å². The number of nitrogens with zero attached hydrogens (tertiary/aromatic N) is 2. The molecule has 84 valence electrons. The van der Waals surface area contributed by atoms with E-state index in [1.54, 1.807) is 6.07 Å². The molecule has 0 aromatic carbocycles. The molecule has 0 bridgehead atoms. The standard InChI is InChI=1S/C9H10Cl3IN2/c1-2-9(4-10,5-13)6-3-7(11)14-15-8(6)12/h3H,2,4-5H2,1H3. The molecule has 1 heterocycles. The molecule has 0 aliphatic rings. The zero-order chi connectivity index (χ0) is 11.5. The molecule has 1 unspecified atom stereocenters. The van der Waals surface area contributed by atoms with Crippen LogP contribution in [0, 0.1) is 0 Å². The van der Waals surface area contributed by atoms with Gasteiger partial charge in [0, 0.05) is 21.3 Å². The van der Waals surface area contributed by atoms with Crippen molar-refractivity contribution in [3.63, 3.8) is 0 Å². The fraction of sp³-hybridized carbons (Fsp3) is 0.556. The van der Waals surface area contributed by atoms with Crippen molar-refractivity contribution in [3.05, 3.63) is 21.9 Å². The van der Waals surface area contributed by atoms with Crippen molar-refractivity contribution in [2.45, 2.75) is 18.8 Å². The van der Waals surface area contributed by atoms with Crippen LogP contribution in [0.15, 0.2) is 6.07 Å². The second kappa shape index (κ2) is 5.84. The summed E-state index contributed by atoms with van der Waals surface area (Å²) in [5, 5.41) is 8.24. The minimum atomic E-state index is -0.168. The summed E-state index contributed by atoms with van der Waals surface area (Å²) in [6, 6.07) is 1.75.